The predicted octanol–water partition coefficient (Wildman–Crippen LogP) is 4.78. The molecule has 182 valence electrons. The number of terminal acetylenes is 1. The third-order valence-corrected chi connectivity index (χ3v) is 7.14. The molecule has 3 atom stereocenters. The van der Waals surface area contributed by atoms with E-state index in [9.17, 15) is 8.78 Å². The fourth-order valence-corrected chi connectivity index (χ4v) is 5.21. The second-order valence-electron chi connectivity index (χ2n) is 9.20. The van der Waals surface area contributed by atoms with Crippen molar-refractivity contribution in [3.05, 3.63) is 35.4 Å². The van der Waals surface area contributed by atoms with E-state index in [-0.39, 0.29) is 37.2 Å². The Bertz CT molecular complexity index is 732. The molecule has 1 unspecified atom stereocenters. The first-order valence-corrected chi connectivity index (χ1v) is 11.2. The van der Waals surface area contributed by atoms with Gasteiger partial charge in [0.05, 0.1) is 6.54 Å². The predicted molar refractivity (Wildman–Crippen MR) is 134 cm³/mol. The fourth-order valence-electron chi connectivity index (χ4n) is 5.21. The molecule has 2 saturated carbocycles. The van der Waals surface area contributed by atoms with E-state index in [0.717, 1.165) is 56.5 Å². The van der Waals surface area contributed by atoms with Crippen molar-refractivity contribution in [1.29, 1.82) is 0 Å². The van der Waals surface area contributed by atoms with Gasteiger partial charge in [0, 0.05) is 31.1 Å². The molecule has 0 bridgehead atoms. The Balaban J connectivity index is 0.00000171. The van der Waals surface area contributed by atoms with Gasteiger partial charge < -0.3 is 10.6 Å². The molecule has 3 fully saturated rings. The zero-order chi connectivity index (χ0) is 20.2. The number of hydrogen-bond donors (Lipinski definition) is 2. The summed E-state index contributed by atoms with van der Waals surface area (Å²) in [6, 6.07) is 5.34. The van der Waals surface area contributed by atoms with Gasteiger partial charge in [-0.05, 0) is 81.1 Å². The highest BCUT2D eigenvalue weighted by atomic mass is 35.5. The van der Waals surface area contributed by atoms with E-state index in [1.165, 1.54) is 44.2 Å². The largest absolute Gasteiger partial charge is 0.315 e. The molecular formula is C24H36Cl3F2N3. The van der Waals surface area contributed by atoms with Crippen LogP contribution in [0, 0.1) is 35.8 Å². The maximum absolute atomic E-state index is 13.4. The van der Waals surface area contributed by atoms with Crippen LogP contribution in [0.3, 0.4) is 0 Å². The van der Waals surface area contributed by atoms with Crippen LogP contribution in [0.4, 0.5) is 8.78 Å². The monoisotopic (exact) mass is 509 g/mol. The normalized spacial score (nSPS) is 28.8. The molecule has 3 aliphatic rings. The average molecular weight is 511 g/mol. The molecule has 1 aromatic carbocycles. The Hall–Kier alpha value is -0.610. The summed E-state index contributed by atoms with van der Waals surface area (Å²) in [7, 11) is 0. The standard InChI is InChI=1S/C24H33F2N3.3ClH/c1-2-11-29(20-9-10-27-15-20)16-18-5-3-17(4-6-18)14-28-24-13-21(24)19-7-8-22(25)23(26)12-19;;;/h1,7-8,12,17-18,20-21,24,27-28H,3-6,9-11,13-16H2;3*1H/t17?,18?,20?,21-,24+;;;/m0.../s1. The lowest BCUT2D eigenvalue weighted by Crippen LogP contribution is -2.41. The molecule has 0 spiro atoms. The van der Waals surface area contributed by atoms with Crippen molar-refractivity contribution in [3.63, 3.8) is 0 Å². The Morgan fingerprint density at radius 3 is 2.38 bits per heavy atom. The van der Waals surface area contributed by atoms with Gasteiger partial charge in [0.15, 0.2) is 11.6 Å². The Kier molecular flexibility index (Phi) is 12.8. The van der Waals surface area contributed by atoms with Crippen LogP contribution in [-0.4, -0.2) is 49.7 Å². The van der Waals surface area contributed by atoms with Crippen molar-refractivity contribution in [2.24, 2.45) is 11.8 Å². The van der Waals surface area contributed by atoms with Crippen LogP contribution in [0.5, 0.6) is 0 Å². The summed E-state index contributed by atoms with van der Waals surface area (Å²) in [5.74, 6) is 3.17. The first kappa shape index (κ1) is 29.4. The minimum atomic E-state index is -0.763. The summed E-state index contributed by atoms with van der Waals surface area (Å²) in [5, 5.41) is 7.12. The third-order valence-electron chi connectivity index (χ3n) is 7.14. The summed E-state index contributed by atoms with van der Waals surface area (Å²) in [6.45, 7) is 5.12. The van der Waals surface area contributed by atoms with E-state index in [1.54, 1.807) is 6.07 Å². The molecule has 2 aliphatic carbocycles. The van der Waals surface area contributed by atoms with Gasteiger partial charge in [0.25, 0.3) is 0 Å². The van der Waals surface area contributed by atoms with E-state index >= 15 is 0 Å². The number of rotatable bonds is 8. The summed E-state index contributed by atoms with van der Waals surface area (Å²) < 4.78 is 26.5. The van der Waals surface area contributed by atoms with Crippen LogP contribution < -0.4 is 10.6 Å². The Labute approximate surface area is 210 Å². The van der Waals surface area contributed by atoms with Gasteiger partial charge in [-0.15, -0.1) is 43.6 Å². The molecule has 0 aromatic heterocycles. The molecule has 0 radical (unpaired) electrons. The van der Waals surface area contributed by atoms with Crippen molar-refractivity contribution in [2.75, 3.05) is 32.7 Å². The van der Waals surface area contributed by atoms with Crippen LogP contribution in [0.2, 0.25) is 0 Å². The molecule has 1 aromatic rings. The van der Waals surface area contributed by atoms with Crippen LogP contribution in [-0.2, 0) is 0 Å². The number of hydrogen-bond acceptors (Lipinski definition) is 3. The first-order chi connectivity index (χ1) is 14.1. The number of halogens is 5. The molecule has 1 heterocycles. The number of nitrogens with zero attached hydrogens (tertiary/aromatic N) is 1. The highest BCUT2D eigenvalue weighted by molar-refractivity contribution is 5.86. The van der Waals surface area contributed by atoms with Crippen LogP contribution >= 0.6 is 37.2 Å². The minimum Gasteiger partial charge on any atom is -0.315 e. The molecule has 4 rings (SSSR count). The Morgan fingerprint density at radius 1 is 1.03 bits per heavy atom. The topological polar surface area (TPSA) is 27.3 Å². The van der Waals surface area contributed by atoms with Gasteiger partial charge in [0.2, 0.25) is 0 Å². The molecule has 1 saturated heterocycles. The molecule has 2 N–H and O–H groups in total. The zero-order valence-electron chi connectivity index (χ0n) is 18.4. The van der Waals surface area contributed by atoms with Crippen LogP contribution in [0.15, 0.2) is 18.2 Å². The summed E-state index contributed by atoms with van der Waals surface area (Å²) >= 11 is 0. The molecular weight excluding hydrogens is 475 g/mol. The van der Waals surface area contributed by atoms with Crippen molar-refractivity contribution < 1.29 is 8.78 Å². The maximum atomic E-state index is 13.4. The van der Waals surface area contributed by atoms with E-state index in [0.29, 0.717) is 18.0 Å². The van der Waals surface area contributed by atoms with Crippen molar-refractivity contribution in [3.8, 4) is 12.3 Å². The van der Waals surface area contributed by atoms with Crippen molar-refractivity contribution in [1.82, 2.24) is 15.5 Å². The average Bonchev–Trinajstić information content (AvgIpc) is 3.29. The van der Waals surface area contributed by atoms with Gasteiger partial charge in [-0.25, -0.2) is 8.78 Å². The molecule has 1 aliphatic heterocycles. The van der Waals surface area contributed by atoms with Crippen molar-refractivity contribution in [2.45, 2.75) is 56.5 Å². The fraction of sp³-hybridized carbons (Fsp3) is 0.667. The smallest absolute Gasteiger partial charge is 0.159 e. The highest BCUT2D eigenvalue weighted by Crippen LogP contribution is 2.41. The lowest BCUT2D eigenvalue weighted by Gasteiger charge is -2.34. The summed E-state index contributed by atoms with van der Waals surface area (Å²) in [4.78, 5) is 2.51. The van der Waals surface area contributed by atoms with E-state index in [2.05, 4.69) is 21.5 Å². The van der Waals surface area contributed by atoms with Gasteiger partial charge in [-0.2, -0.15) is 0 Å². The molecule has 32 heavy (non-hydrogen) atoms. The van der Waals surface area contributed by atoms with E-state index in [1.807, 2.05) is 0 Å². The highest BCUT2D eigenvalue weighted by Gasteiger charge is 2.38. The number of nitrogens with one attached hydrogen (secondary N) is 2. The van der Waals surface area contributed by atoms with Gasteiger partial charge in [-0.1, -0.05) is 12.0 Å². The maximum Gasteiger partial charge on any atom is 0.159 e. The SMILES string of the molecule is C#CCN(CC1CCC(CN[C@@H]2C[C@H]2c2ccc(F)c(F)c2)CC1)C1CCNC1.Cl.Cl.Cl. The van der Waals surface area contributed by atoms with E-state index in [4.69, 9.17) is 6.42 Å². The van der Waals surface area contributed by atoms with Gasteiger partial charge >= 0.3 is 0 Å². The first-order valence-electron chi connectivity index (χ1n) is 11.2. The Morgan fingerprint density at radius 2 is 1.75 bits per heavy atom. The van der Waals surface area contributed by atoms with Crippen LogP contribution in [0.1, 0.15) is 50.0 Å². The second kappa shape index (κ2) is 13.9. The minimum absolute atomic E-state index is 0. The molecule has 0 amide bonds. The molecule has 8 heteroatoms. The van der Waals surface area contributed by atoms with Crippen LogP contribution in [0.25, 0.3) is 0 Å². The van der Waals surface area contributed by atoms with Crippen molar-refractivity contribution >= 4 is 37.2 Å². The van der Waals surface area contributed by atoms with Gasteiger partial charge in [-0.3, -0.25) is 4.90 Å². The quantitative estimate of drug-likeness (QED) is 0.493. The third kappa shape index (κ3) is 7.72. The second-order valence-corrected chi connectivity index (χ2v) is 9.20. The summed E-state index contributed by atoms with van der Waals surface area (Å²) in [6.07, 6.45) is 12.9. The lowest BCUT2D eigenvalue weighted by molar-refractivity contribution is 0.158. The van der Waals surface area contributed by atoms with E-state index < -0.39 is 11.6 Å². The zero-order valence-corrected chi connectivity index (χ0v) is 20.9. The van der Waals surface area contributed by atoms with Gasteiger partial charge in [0.1, 0.15) is 0 Å². The number of benzene rings is 1. The summed E-state index contributed by atoms with van der Waals surface area (Å²) in [5.41, 5.74) is 0.917. The lowest BCUT2D eigenvalue weighted by atomic mass is 9.81. The molecule has 3 nitrogen and oxygen atoms in total.